The SMILES string of the molecule is CC(N)C1CN(c2ccc3ccccc3n2)CCO1. The highest BCUT2D eigenvalue weighted by molar-refractivity contribution is 5.80. The second kappa shape index (κ2) is 5.15. The van der Waals surface area contributed by atoms with Crippen LogP contribution in [0.3, 0.4) is 0 Å². The van der Waals surface area contributed by atoms with Crippen molar-refractivity contribution >= 4 is 16.7 Å². The molecule has 1 aliphatic rings. The van der Waals surface area contributed by atoms with Gasteiger partial charge in [0.1, 0.15) is 5.82 Å². The molecular weight excluding hydrogens is 238 g/mol. The third-order valence-electron chi connectivity index (χ3n) is 3.59. The number of nitrogens with two attached hydrogens (primary N) is 1. The van der Waals surface area contributed by atoms with Gasteiger partial charge >= 0.3 is 0 Å². The molecule has 0 aliphatic carbocycles. The van der Waals surface area contributed by atoms with E-state index < -0.39 is 0 Å². The van der Waals surface area contributed by atoms with E-state index in [1.54, 1.807) is 0 Å². The Morgan fingerprint density at radius 3 is 3.00 bits per heavy atom. The Balaban J connectivity index is 1.87. The van der Waals surface area contributed by atoms with Crippen molar-refractivity contribution in [3.05, 3.63) is 36.4 Å². The summed E-state index contributed by atoms with van der Waals surface area (Å²) in [6.45, 7) is 4.38. The summed E-state index contributed by atoms with van der Waals surface area (Å²) in [5.41, 5.74) is 6.96. The Kier molecular flexibility index (Phi) is 3.36. The number of hydrogen-bond donors (Lipinski definition) is 1. The summed E-state index contributed by atoms with van der Waals surface area (Å²) in [5, 5.41) is 1.17. The van der Waals surface area contributed by atoms with Gasteiger partial charge < -0.3 is 15.4 Å². The molecule has 0 saturated carbocycles. The Morgan fingerprint density at radius 1 is 1.32 bits per heavy atom. The van der Waals surface area contributed by atoms with Crippen molar-refractivity contribution in [3.63, 3.8) is 0 Å². The minimum Gasteiger partial charge on any atom is -0.373 e. The minimum atomic E-state index is 0.0447. The molecule has 19 heavy (non-hydrogen) atoms. The number of fused-ring (bicyclic) bond motifs is 1. The number of aromatic nitrogens is 1. The molecule has 2 heterocycles. The lowest BCUT2D eigenvalue weighted by Gasteiger charge is -2.35. The molecule has 4 nitrogen and oxygen atoms in total. The maximum Gasteiger partial charge on any atom is 0.129 e. The van der Waals surface area contributed by atoms with Gasteiger partial charge in [0.25, 0.3) is 0 Å². The Labute approximate surface area is 113 Å². The molecule has 2 aromatic rings. The van der Waals surface area contributed by atoms with Gasteiger partial charge in [0, 0.05) is 24.5 Å². The summed E-state index contributed by atoms with van der Waals surface area (Å²) in [4.78, 5) is 6.98. The molecule has 2 atom stereocenters. The molecule has 3 rings (SSSR count). The summed E-state index contributed by atoms with van der Waals surface area (Å²) in [7, 11) is 0. The zero-order valence-corrected chi connectivity index (χ0v) is 11.1. The number of morpholine rings is 1. The number of hydrogen-bond acceptors (Lipinski definition) is 4. The van der Waals surface area contributed by atoms with Gasteiger partial charge in [-0.15, -0.1) is 0 Å². The van der Waals surface area contributed by atoms with Crippen LogP contribution in [0.25, 0.3) is 10.9 Å². The normalized spacial score (nSPS) is 21.6. The Hall–Kier alpha value is -1.65. The van der Waals surface area contributed by atoms with Crippen LogP contribution in [0.5, 0.6) is 0 Å². The van der Waals surface area contributed by atoms with E-state index in [2.05, 4.69) is 23.1 Å². The van der Waals surface area contributed by atoms with Crippen LogP contribution in [0.2, 0.25) is 0 Å². The standard InChI is InChI=1S/C15H19N3O/c1-11(16)14-10-18(8-9-19-14)15-7-6-12-4-2-3-5-13(12)17-15/h2-7,11,14H,8-10,16H2,1H3. The summed E-state index contributed by atoms with van der Waals surface area (Å²) in [5.74, 6) is 1.01. The first kappa shape index (κ1) is 12.4. The van der Waals surface area contributed by atoms with Crippen LogP contribution in [-0.2, 0) is 4.74 Å². The molecular formula is C15H19N3O. The van der Waals surface area contributed by atoms with Crippen molar-refractivity contribution in [2.75, 3.05) is 24.6 Å². The fourth-order valence-electron chi connectivity index (χ4n) is 2.43. The van der Waals surface area contributed by atoms with Gasteiger partial charge in [-0.3, -0.25) is 0 Å². The highest BCUT2D eigenvalue weighted by Crippen LogP contribution is 2.20. The van der Waals surface area contributed by atoms with Crippen LogP contribution < -0.4 is 10.6 Å². The number of ether oxygens (including phenoxy) is 1. The van der Waals surface area contributed by atoms with E-state index in [4.69, 9.17) is 15.5 Å². The highest BCUT2D eigenvalue weighted by atomic mass is 16.5. The second-order valence-corrected chi connectivity index (χ2v) is 5.08. The zero-order chi connectivity index (χ0) is 13.2. The molecule has 100 valence electrons. The predicted octanol–water partition coefficient (Wildman–Crippen LogP) is 1.79. The third kappa shape index (κ3) is 2.55. The second-order valence-electron chi connectivity index (χ2n) is 5.08. The van der Waals surface area contributed by atoms with Crippen LogP contribution >= 0.6 is 0 Å². The molecule has 4 heteroatoms. The van der Waals surface area contributed by atoms with E-state index >= 15 is 0 Å². The van der Waals surface area contributed by atoms with Gasteiger partial charge in [-0.1, -0.05) is 18.2 Å². The molecule has 0 radical (unpaired) electrons. The summed E-state index contributed by atoms with van der Waals surface area (Å²) < 4.78 is 5.68. The topological polar surface area (TPSA) is 51.4 Å². The quantitative estimate of drug-likeness (QED) is 0.891. The Bertz CT molecular complexity index is 570. The van der Waals surface area contributed by atoms with Gasteiger partial charge in [-0.05, 0) is 25.1 Å². The molecule has 1 aromatic heterocycles. The molecule has 2 unspecified atom stereocenters. The van der Waals surface area contributed by atoms with E-state index in [-0.39, 0.29) is 12.1 Å². The monoisotopic (exact) mass is 257 g/mol. The number of rotatable bonds is 2. The van der Waals surface area contributed by atoms with Crippen LogP contribution in [0.4, 0.5) is 5.82 Å². The van der Waals surface area contributed by atoms with Gasteiger partial charge in [0.15, 0.2) is 0 Å². The van der Waals surface area contributed by atoms with Crippen LogP contribution in [0, 0.1) is 0 Å². The molecule has 1 aliphatic heterocycles. The van der Waals surface area contributed by atoms with Crippen molar-refractivity contribution in [1.29, 1.82) is 0 Å². The highest BCUT2D eigenvalue weighted by Gasteiger charge is 2.24. The fourth-order valence-corrected chi connectivity index (χ4v) is 2.43. The van der Waals surface area contributed by atoms with Gasteiger partial charge in [-0.2, -0.15) is 0 Å². The van der Waals surface area contributed by atoms with Gasteiger partial charge in [-0.25, -0.2) is 4.98 Å². The summed E-state index contributed by atoms with van der Waals surface area (Å²) >= 11 is 0. The average Bonchev–Trinajstić information content (AvgIpc) is 2.47. The van der Waals surface area contributed by atoms with E-state index in [0.29, 0.717) is 6.61 Å². The van der Waals surface area contributed by atoms with Crippen molar-refractivity contribution in [2.24, 2.45) is 5.73 Å². The lowest BCUT2D eigenvalue weighted by Crippen LogP contribution is -2.49. The van der Waals surface area contributed by atoms with Crippen molar-refractivity contribution in [3.8, 4) is 0 Å². The zero-order valence-electron chi connectivity index (χ0n) is 11.1. The predicted molar refractivity (Wildman–Crippen MR) is 77.3 cm³/mol. The van der Waals surface area contributed by atoms with E-state index in [1.807, 2.05) is 25.1 Å². The first-order valence-corrected chi connectivity index (χ1v) is 6.72. The van der Waals surface area contributed by atoms with Gasteiger partial charge in [0.2, 0.25) is 0 Å². The molecule has 1 saturated heterocycles. The van der Waals surface area contributed by atoms with Gasteiger partial charge in [0.05, 0.1) is 18.2 Å². The third-order valence-corrected chi connectivity index (χ3v) is 3.59. The maximum absolute atomic E-state index is 5.93. The number of para-hydroxylation sites is 1. The summed E-state index contributed by atoms with van der Waals surface area (Å²) in [6.07, 6.45) is 0.0852. The lowest BCUT2D eigenvalue weighted by atomic mass is 10.1. The maximum atomic E-state index is 5.93. The van der Waals surface area contributed by atoms with Crippen LogP contribution in [0.15, 0.2) is 36.4 Å². The first-order valence-electron chi connectivity index (χ1n) is 6.72. The molecule has 0 spiro atoms. The van der Waals surface area contributed by atoms with E-state index in [0.717, 1.165) is 24.4 Å². The summed E-state index contributed by atoms with van der Waals surface area (Å²) in [6, 6.07) is 12.4. The molecule has 0 amide bonds. The van der Waals surface area contributed by atoms with Crippen molar-refractivity contribution in [1.82, 2.24) is 4.98 Å². The molecule has 1 fully saturated rings. The lowest BCUT2D eigenvalue weighted by molar-refractivity contribution is 0.0273. The number of pyridine rings is 1. The smallest absolute Gasteiger partial charge is 0.129 e. The van der Waals surface area contributed by atoms with Crippen molar-refractivity contribution in [2.45, 2.75) is 19.1 Å². The Morgan fingerprint density at radius 2 is 2.16 bits per heavy atom. The minimum absolute atomic E-state index is 0.0447. The molecule has 0 bridgehead atoms. The van der Waals surface area contributed by atoms with E-state index in [9.17, 15) is 0 Å². The largest absolute Gasteiger partial charge is 0.373 e. The molecule has 1 aromatic carbocycles. The van der Waals surface area contributed by atoms with Crippen LogP contribution in [-0.4, -0.2) is 36.8 Å². The molecule has 2 N–H and O–H groups in total. The van der Waals surface area contributed by atoms with Crippen LogP contribution in [0.1, 0.15) is 6.92 Å². The van der Waals surface area contributed by atoms with E-state index in [1.165, 1.54) is 5.39 Å². The average molecular weight is 257 g/mol. The first-order chi connectivity index (χ1) is 9.24. The number of anilines is 1. The number of benzene rings is 1. The van der Waals surface area contributed by atoms with Crippen molar-refractivity contribution < 1.29 is 4.74 Å². The number of nitrogens with zero attached hydrogens (tertiary/aromatic N) is 2. The fraction of sp³-hybridized carbons (Fsp3) is 0.400.